The van der Waals surface area contributed by atoms with E-state index in [1.54, 1.807) is 23.7 Å². The minimum atomic E-state index is -0.146. The summed E-state index contributed by atoms with van der Waals surface area (Å²) < 4.78 is 0. The first-order valence-electron chi connectivity index (χ1n) is 7.78. The third kappa shape index (κ3) is 3.51. The van der Waals surface area contributed by atoms with Gasteiger partial charge in [-0.2, -0.15) is 0 Å². The lowest BCUT2D eigenvalue weighted by atomic mass is 10.0. The lowest BCUT2D eigenvalue weighted by molar-refractivity contribution is 0.0939. The van der Waals surface area contributed by atoms with Gasteiger partial charge >= 0.3 is 0 Å². The maximum Gasteiger partial charge on any atom is 0.252 e. The number of rotatable bonds is 4. The Balaban J connectivity index is 1.75. The van der Waals surface area contributed by atoms with E-state index in [1.807, 2.05) is 56.5 Å². The lowest BCUT2D eigenvalue weighted by Crippen LogP contribution is -2.27. The van der Waals surface area contributed by atoms with Crippen LogP contribution in [0.5, 0.6) is 0 Å². The van der Waals surface area contributed by atoms with Crippen LogP contribution in [0.3, 0.4) is 0 Å². The van der Waals surface area contributed by atoms with Crippen LogP contribution in [-0.2, 0) is 0 Å². The summed E-state index contributed by atoms with van der Waals surface area (Å²) in [5.74, 6) is -0.0678. The number of hydrogen-bond donors (Lipinski definition) is 1. The molecule has 2 heterocycles. The fourth-order valence-corrected chi connectivity index (χ4v) is 3.29. The van der Waals surface area contributed by atoms with Gasteiger partial charge in [0.1, 0.15) is 5.01 Å². The highest BCUT2D eigenvalue weighted by Crippen LogP contribution is 2.25. The van der Waals surface area contributed by atoms with Crippen molar-refractivity contribution in [3.63, 3.8) is 0 Å². The number of nitrogens with zero attached hydrogens (tertiary/aromatic N) is 2. The van der Waals surface area contributed by atoms with Gasteiger partial charge in [-0.15, -0.1) is 11.3 Å². The Hall–Kier alpha value is -2.53. The van der Waals surface area contributed by atoms with E-state index < -0.39 is 0 Å². The number of carbonyl (C=O) groups excluding carboxylic acids is 1. The lowest BCUT2D eigenvalue weighted by Gasteiger charge is -2.13. The molecule has 5 heteroatoms. The van der Waals surface area contributed by atoms with Crippen LogP contribution in [-0.4, -0.2) is 15.9 Å². The molecule has 2 aromatic heterocycles. The average molecular weight is 337 g/mol. The Morgan fingerprint density at radius 3 is 2.83 bits per heavy atom. The normalized spacial score (nSPS) is 12.0. The van der Waals surface area contributed by atoms with Crippen LogP contribution < -0.4 is 5.32 Å². The molecule has 0 fully saturated rings. The third-order valence-electron chi connectivity index (χ3n) is 3.83. The molecule has 0 aliphatic carbocycles. The largest absolute Gasteiger partial charge is 0.343 e. The molecule has 1 aromatic carbocycles. The molecule has 0 aliphatic rings. The molecule has 1 amide bonds. The number of pyridine rings is 1. The molecule has 0 bridgehead atoms. The standard InChI is InChI=1S/C19H19N3OS/c1-12-6-7-13(2)16(9-12)18(23)21-14(3)19-22-17(11-24-19)15-5-4-8-20-10-15/h4-11,14H,1-3H3,(H,21,23)/t14-/m0/s1. The highest BCUT2D eigenvalue weighted by atomic mass is 32.1. The molecular formula is C19H19N3OS. The smallest absolute Gasteiger partial charge is 0.252 e. The summed E-state index contributed by atoms with van der Waals surface area (Å²) >= 11 is 1.54. The van der Waals surface area contributed by atoms with Crippen LogP contribution in [0, 0.1) is 13.8 Å². The Morgan fingerprint density at radius 1 is 1.25 bits per heavy atom. The van der Waals surface area contributed by atoms with Crippen LogP contribution in [0.15, 0.2) is 48.1 Å². The van der Waals surface area contributed by atoms with Crippen molar-refractivity contribution in [1.82, 2.24) is 15.3 Å². The number of benzene rings is 1. The fourth-order valence-electron chi connectivity index (χ4n) is 2.45. The predicted octanol–water partition coefficient (Wildman–Crippen LogP) is 4.31. The maximum absolute atomic E-state index is 12.5. The SMILES string of the molecule is Cc1ccc(C)c(C(=O)N[C@@H](C)c2nc(-c3cccnc3)cs2)c1. The van der Waals surface area contributed by atoms with E-state index in [0.717, 1.165) is 27.4 Å². The number of aryl methyl sites for hydroxylation is 2. The van der Waals surface area contributed by atoms with Crippen molar-refractivity contribution in [1.29, 1.82) is 0 Å². The second-order valence-corrected chi connectivity index (χ2v) is 6.72. The number of hydrogen-bond acceptors (Lipinski definition) is 4. The summed E-state index contributed by atoms with van der Waals surface area (Å²) in [6, 6.07) is 9.62. The Morgan fingerprint density at radius 2 is 2.08 bits per heavy atom. The number of carbonyl (C=O) groups is 1. The molecule has 4 nitrogen and oxygen atoms in total. The summed E-state index contributed by atoms with van der Waals surface area (Å²) in [7, 11) is 0. The maximum atomic E-state index is 12.5. The van der Waals surface area contributed by atoms with E-state index in [9.17, 15) is 4.79 Å². The van der Waals surface area contributed by atoms with Crippen molar-refractivity contribution in [3.05, 3.63) is 69.8 Å². The van der Waals surface area contributed by atoms with Gasteiger partial charge in [0.2, 0.25) is 0 Å². The molecule has 0 spiro atoms. The zero-order valence-electron chi connectivity index (χ0n) is 13.9. The minimum absolute atomic E-state index is 0.0678. The van der Waals surface area contributed by atoms with Crippen molar-refractivity contribution in [3.8, 4) is 11.3 Å². The second-order valence-electron chi connectivity index (χ2n) is 5.83. The first kappa shape index (κ1) is 16.3. The summed E-state index contributed by atoms with van der Waals surface area (Å²) in [6.07, 6.45) is 3.53. The van der Waals surface area contributed by atoms with Gasteiger partial charge in [0, 0.05) is 28.9 Å². The van der Waals surface area contributed by atoms with Gasteiger partial charge in [-0.3, -0.25) is 9.78 Å². The monoisotopic (exact) mass is 337 g/mol. The van der Waals surface area contributed by atoms with E-state index in [1.165, 1.54) is 0 Å². The average Bonchev–Trinajstić information content (AvgIpc) is 3.08. The summed E-state index contributed by atoms with van der Waals surface area (Å²) in [5, 5.41) is 5.91. The third-order valence-corrected chi connectivity index (χ3v) is 4.86. The van der Waals surface area contributed by atoms with Crippen molar-refractivity contribution in [2.75, 3.05) is 0 Å². The highest BCUT2D eigenvalue weighted by molar-refractivity contribution is 7.10. The molecule has 0 aliphatic heterocycles. The quantitative estimate of drug-likeness (QED) is 0.771. The predicted molar refractivity (Wildman–Crippen MR) is 97.1 cm³/mol. The van der Waals surface area contributed by atoms with Gasteiger partial charge in [0.05, 0.1) is 11.7 Å². The van der Waals surface area contributed by atoms with E-state index in [2.05, 4.69) is 15.3 Å². The van der Waals surface area contributed by atoms with E-state index in [-0.39, 0.29) is 11.9 Å². The van der Waals surface area contributed by atoms with Crippen molar-refractivity contribution >= 4 is 17.2 Å². The Kier molecular flexibility index (Phi) is 4.71. The fraction of sp³-hybridized carbons (Fsp3) is 0.211. The molecule has 3 aromatic rings. The zero-order chi connectivity index (χ0) is 17.1. The zero-order valence-corrected chi connectivity index (χ0v) is 14.7. The highest BCUT2D eigenvalue weighted by Gasteiger charge is 2.16. The van der Waals surface area contributed by atoms with Crippen LogP contribution >= 0.6 is 11.3 Å². The van der Waals surface area contributed by atoms with Crippen LogP contribution in [0.4, 0.5) is 0 Å². The van der Waals surface area contributed by atoms with Crippen LogP contribution in [0.2, 0.25) is 0 Å². The Labute approximate surface area is 145 Å². The van der Waals surface area contributed by atoms with Crippen molar-refractivity contribution < 1.29 is 4.79 Å². The molecule has 0 saturated heterocycles. The first-order valence-corrected chi connectivity index (χ1v) is 8.66. The van der Waals surface area contributed by atoms with Gasteiger partial charge in [-0.05, 0) is 44.5 Å². The summed E-state index contributed by atoms with van der Waals surface area (Å²) in [6.45, 7) is 5.89. The molecule has 0 radical (unpaired) electrons. The van der Waals surface area contributed by atoms with Gasteiger partial charge in [0.25, 0.3) is 5.91 Å². The molecule has 1 atom stereocenters. The molecule has 0 saturated carbocycles. The number of nitrogens with one attached hydrogen (secondary N) is 1. The first-order chi connectivity index (χ1) is 11.5. The Bertz CT molecular complexity index is 858. The number of amides is 1. The van der Waals surface area contributed by atoms with Gasteiger partial charge in [-0.25, -0.2) is 4.98 Å². The van der Waals surface area contributed by atoms with Crippen molar-refractivity contribution in [2.24, 2.45) is 0 Å². The topological polar surface area (TPSA) is 54.9 Å². The molecule has 1 N–H and O–H groups in total. The number of thiazole rings is 1. The minimum Gasteiger partial charge on any atom is -0.343 e. The second kappa shape index (κ2) is 6.93. The van der Waals surface area contributed by atoms with E-state index >= 15 is 0 Å². The van der Waals surface area contributed by atoms with Crippen molar-refractivity contribution in [2.45, 2.75) is 26.8 Å². The summed E-state index contributed by atoms with van der Waals surface area (Å²) in [4.78, 5) is 21.3. The van der Waals surface area contributed by atoms with Gasteiger partial charge in [0.15, 0.2) is 0 Å². The molecule has 3 rings (SSSR count). The van der Waals surface area contributed by atoms with E-state index in [4.69, 9.17) is 0 Å². The van der Waals surface area contributed by atoms with Crippen LogP contribution in [0.1, 0.15) is 39.5 Å². The van der Waals surface area contributed by atoms with Crippen LogP contribution in [0.25, 0.3) is 11.3 Å². The van der Waals surface area contributed by atoms with Gasteiger partial charge < -0.3 is 5.32 Å². The van der Waals surface area contributed by atoms with E-state index in [0.29, 0.717) is 5.56 Å². The summed E-state index contributed by atoms with van der Waals surface area (Å²) in [5.41, 5.74) is 4.63. The molecule has 0 unspecified atom stereocenters. The molecule has 122 valence electrons. The number of aromatic nitrogens is 2. The molecule has 24 heavy (non-hydrogen) atoms. The van der Waals surface area contributed by atoms with Gasteiger partial charge in [-0.1, -0.05) is 17.7 Å². The molecular weight excluding hydrogens is 318 g/mol.